The molecule has 0 unspecified atom stereocenters. The molecule has 0 saturated carbocycles. The molecule has 2 N–H and O–H groups in total. The lowest BCUT2D eigenvalue weighted by Crippen LogP contribution is -2.44. The van der Waals surface area contributed by atoms with Crippen molar-refractivity contribution in [3.8, 4) is 0 Å². The van der Waals surface area contributed by atoms with Crippen LogP contribution in [0.5, 0.6) is 0 Å². The van der Waals surface area contributed by atoms with Crippen molar-refractivity contribution in [1.82, 2.24) is 5.32 Å². The van der Waals surface area contributed by atoms with Gasteiger partial charge in [-0.05, 0) is 26.2 Å². The fraction of sp³-hybridized carbons (Fsp3) is 0.833. The van der Waals surface area contributed by atoms with Crippen molar-refractivity contribution in [2.75, 3.05) is 6.61 Å². The SMILES string of the molecule is CC(C)OCCCC(=O)N[C@H](C(=O)O)C(C)C. The summed E-state index contributed by atoms with van der Waals surface area (Å²) in [5, 5.41) is 11.4. The van der Waals surface area contributed by atoms with E-state index in [-0.39, 0.29) is 17.9 Å². The Morgan fingerprint density at radius 1 is 1.24 bits per heavy atom. The topological polar surface area (TPSA) is 75.6 Å². The lowest BCUT2D eigenvalue weighted by molar-refractivity contribution is -0.143. The van der Waals surface area contributed by atoms with E-state index in [0.717, 1.165) is 0 Å². The van der Waals surface area contributed by atoms with Crippen LogP contribution in [0.1, 0.15) is 40.5 Å². The van der Waals surface area contributed by atoms with Crippen molar-refractivity contribution in [2.45, 2.75) is 52.7 Å². The van der Waals surface area contributed by atoms with Crippen molar-refractivity contribution in [2.24, 2.45) is 5.92 Å². The zero-order chi connectivity index (χ0) is 13.4. The van der Waals surface area contributed by atoms with Crippen LogP contribution in [0, 0.1) is 5.92 Å². The number of nitrogens with one attached hydrogen (secondary N) is 1. The number of hydrogen-bond acceptors (Lipinski definition) is 3. The smallest absolute Gasteiger partial charge is 0.326 e. The molecule has 0 aromatic rings. The first-order valence-electron chi connectivity index (χ1n) is 5.98. The van der Waals surface area contributed by atoms with Crippen molar-refractivity contribution >= 4 is 11.9 Å². The van der Waals surface area contributed by atoms with Gasteiger partial charge < -0.3 is 15.2 Å². The number of aliphatic carboxylic acids is 1. The minimum atomic E-state index is -0.994. The summed E-state index contributed by atoms with van der Waals surface area (Å²) in [6.45, 7) is 7.91. The Bertz CT molecular complexity index is 251. The Morgan fingerprint density at radius 3 is 2.24 bits per heavy atom. The Labute approximate surface area is 103 Å². The molecule has 5 nitrogen and oxygen atoms in total. The summed E-state index contributed by atoms with van der Waals surface area (Å²) >= 11 is 0. The maximum atomic E-state index is 11.5. The normalized spacial score (nSPS) is 12.8. The van der Waals surface area contributed by atoms with Gasteiger partial charge in [-0.15, -0.1) is 0 Å². The second-order valence-electron chi connectivity index (χ2n) is 4.65. The molecule has 17 heavy (non-hydrogen) atoms. The lowest BCUT2D eigenvalue weighted by Gasteiger charge is -2.17. The third-order valence-corrected chi connectivity index (χ3v) is 2.25. The molecular formula is C12H23NO4. The van der Waals surface area contributed by atoms with Crippen LogP contribution in [-0.4, -0.2) is 35.7 Å². The van der Waals surface area contributed by atoms with Crippen LogP contribution in [0.2, 0.25) is 0 Å². The maximum Gasteiger partial charge on any atom is 0.326 e. The number of rotatable bonds is 8. The molecule has 0 aliphatic rings. The average Bonchev–Trinajstić information content (AvgIpc) is 2.19. The zero-order valence-electron chi connectivity index (χ0n) is 11.0. The first-order chi connectivity index (χ1) is 7.84. The predicted octanol–water partition coefficient (Wildman–Crippen LogP) is 1.42. The van der Waals surface area contributed by atoms with E-state index in [1.54, 1.807) is 13.8 Å². The number of carboxylic acids is 1. The van der Waals surface area contributed by atoms with Gasteiger partial charge in [-0.3, -0.25) is 4.79 Å². The molecule has 0 fully saturated rings. The number of amides is 1. The molecule has 0 aromatic carbocycles. The van der Waals surface area contributed by atoms with E-state index in [0.29, 0.717) is 19.4 Å². The molecule has 0 aliphatic heterocycles. The Kier molecular flexibility index (Phi) is 7.54. The predicted molar refractivity (Wildman–Crippen MR) is 64.7 cm³/mol. The van der Waals surface area contributed by atoms with E-state index in [4.69, 9.17) is 9.84 Å². The molecule has 0 aliphatic carbocycles. The van der Waals surface area contributed by atoms with Crippen molar-refractivity contribution in [3.63, 3.8) is 0 Å². The summed E-state index contributed by atoms with van der Waals surface area (Å²) in [6, 6.07) is -0.812. The highest BCUT2D eigenvalue weighted by Gasteiger charge is 2.22. The van der Waals surface area contributed by atoms with Crippen LogP contribution in [0.15, 0.2) is 0 Å². The molecular weight excluding hydrogens is 222 g/mol. The highest BCUT2D eigenvalue weighted by molar-refractivity contribution is 5.83. The number of carbonyl (C=O) groups excluding carboxylic acids is 1. The van der Waals surface area contributed by atoms with Gasteiger partial charge in [-0.2, -0.15) is 0 Å². The zero-order valence-corrected chi connectivity index (χ0v) is 11.0. The summed E-state index contributed by atoms with van der Waals surface area (Å²) in [4.78, 5) is 22.3. The molecule has 1 atom stereocenters. The fourth-order valence-corrected chi connectivity index (χ4v) is 1.31. The number of hydrogen-bond donors (Lipinski definition) is 2. The Hall–Kier alpha value is -1.10. The van der Waals surface area contributed by atoms with E-state index in [2.05, 4.69) is 5.32 Å². The average molecular weight is 245 g/mol. The van der Waals surface area contributed by atoms with Gasteiger partial charge in [0.2, 0.25) is 5.91 Å². The van der Waals surface area contributed by atoms with E-state index in [1.807, 2.05) is 13.8 Å². The van der Waals surface area contributed by atoms with Gasteiger partial charge in [0.15, 0.2) is 0 Å². The van der Waals surface area contributed by atoms with Crippen LogP contribution in [0.3, 0.4) is 0 Å². The molecule has 0 saturated heterocycles. The Morgan fingerprint density at radius 2 is 1.82 bits per heavy atom. The van der Waals surface area contributed by atoms with Gasteiger partial charge in [0.25, 0.3) is 0 Å². The van der Waals surface area contributed by atoms with Gasteiger partial charge in [0, 0.05) is 13.0 Å². The molecule has 1 amide bonds. The molecule has 0 aromatic heterocycles. The summed E-state index contributed by atoms with van der Waals surface area (Å²) < 4.78 is 5.30. The van der Waals surface area contributed by atoms with Gasteiger partial charge in [0.05, 0.1) is 6.10 Å². The number of carboxylic acid groups (broad SMARTS) is 1. The number of ether oxygens (including phenoxy) is 1. The molecule has 0 radical (unpaired) electrons. The quantitative estimate of drug-likeness (QED) is 0.634. The first kappa shape index (κ1) is 15.9. The van der Waals surface area contributed by atoms with E-state index in [9.17, 15) is 9.59 Å². The monoisotopic (exact) mass is 245 g/mol. The highest BCUT2D eigenvalue weighted by Crippen LogP contribution is 2.03. The van der Waals surface area contributed by atoms with E-state index >= 15 is 0 Å². The van der Waals surface area contributed by atoms with Gasteiger partial charge >= 0.3 is 5.97 Å². The van der Waals surface area contributed by atoms with Crippen molar-refractivity contribution < 1.29 is 19.4 Å². The largest absolute Gasteiger partial charge is 0.480 e. The second-order valence-corrected chi connectivity index (χ2v) is 4.65. The summed E-state index contributed by atoms with van der Waals surface area (Å²) in [7, 11) is 0. The molecule has 100 valence electrons. The molecule has 0 heterocycles. The third kappa shape index (κ3) is 7.74. The standard InChI is InChI=1S/C12H23NO4/c1-8(2)11(12(15)16)13-10(14)6-5-7-17-9(3)4/h8-9,11H,5-7H2,1-4H3,(H,13,14)(H,15,16)/t11-/m0/s1. The van der Waals surface area contributed by atoms with Crippen LogP contribution in [0.25, 0.3) is 0 Å². The Balaban J connectivity index is 3.87. The summed E-state index contributed by atoms with van der Waals surface area (Å²) in [5.74, 6) is -1.35. The molecule has 0 bridgehead atoms. The van der Waals surface area contributed by atoms with E-state index in [1.165, 1.54) is 0 Å². The lowest BCUT2D eigenvalue weighted by atomic mass is 10.0. The maximum absolute atomic E-state index is 11.5. The molecule has 5 heteroatoms. The van der Waals surface area contributed by atoms with E-state index < -0.39 is 12.0 Å². The van der Waals surface area contributed by atoms with Gasteiger partial charge in [-0.25, -0.2) is 4.79 Å². The molecule has 0 spiro atoms. The van der Waals surface area contributed by atoms with Crippen molar-refractivity contribution in [3.05, 3.63) is 0 Å². The first-order valence-corrected chi connectivity index (χ1v) is 5.98. The van der Waals surface area contributed by atoms with Crippen LogP contribution in [0.4, 0.5) is 0 Å². The van der Waals surface area contributed by atoms with Crippen LogP contribution >= 0.6 is 0 Å². The van der Waals surface area contributed by atoms with Crippen LogP contribution in [-0.2, 0) is 14.3 Å². The fourth-order valence-electron chi connectivity index (χ4n) is 1.31. The molecule has 0 rings (SSSR count). The van der Waals surface area contributed by atoms with Gasteiger partial charge in [0.1, 0.15) is 6.04 Å². The van der Waals surface area contributed by atoms with Crippen molar-refractivity contribution in [1.29, 1.82) is 0 Å². The second kappa shape index (κ2) is 8.06. The minimum Gasteiger partial charge on any atom is -0.480 e. The number of carbonyl (C=O) groups is 2. The summed E-state index contributed by atoms with van der Waals surface area (Å²) in [5.41, 5.74) is 0. The highest BCUT2D eigenvalue weighted by atomic mass is 16.5. The minimum absolute atomic E-state index is 0.122. The summed E-state index contributed by atoms with van der Waals surface area (Å²) in [6.07, 6.45) is 1.05. The van der Waals surface area contributed by atoms with Crippen LogP contribution < -0.4 is 5.32 Å². The third-order valence-electron chi connectivity index (χ3n) is 2.25. The van der Waals surface area contributed by atoms with Gasteiger partial charge in [-0.1, -0.05) is 13.8 Å².